The van der Waals surface area contributed by atoms with Crippen LogP contribution in [0.15, 0.2) is 42.7 Å². The van der Waals surface area contributed by atoms with Crippen molar-refractivity contribution in [3.05, 3.63) is 48.3 Å². The average Bonchev–Trinajstić information content (AvgIpc) is 3.31. The quantitative estimate of drug-likeness (QED) is 0.450. The second-order valence-electron chi connectivity index (χ2n) is 8.54. The molecule has 4 heterocycles. The molecule has 2 aliphatic rings. The van der Waals surface area contributed by atoms with Crippen molar-refractivity contribution in [2.24, 2.45) is 0 Å². The van der Waals surface area contributed by atoms with Gasteiger partial charge in [-0.3, -0.25) is 10.2 Å². The van der Waals surface area contributed by atoms with Crippen LogP contribution in [0.25, 0.3) is 11.4 Å². The van der Waals surface area contributed by atoms with E-state index < -0.39 is 30.5 Å². The van der Waals surface area contributed by atoms with E-state index in [0.29, 0.717) is 25.2 Å². The Bertz CT molecular complexity index is 1310. The lowest BCUT2D eigenvalue weighted by Gasteiger charge is -2.35. The monoisotopic (exact) mass is 517 g/mol. The number of nitrogens with zero attached hydrogens (tertiary/aromatic N) is 6. The molecule has 3 N–H and O–H groups in total. The highest BCUT2D eigenvalue weighted by Gasteiger charge is 2.41. The highest BCUT2D eigenvalue weighted by molar-refractivity contribution is 6.04. The number of urea groups is 1. The first-order valence-electron chi connectivity index (χ1n) is 11.4. The summed E-state index contributed by atoms with van der Waals surface area (Å²) in [6.07, 6.45) is -2.08. The smallest absolute Gasteiger partial charge is 0.416 e. The minimum absolute atomic E-state index is 0.0605. The summed E-state index contributed by atoms with van der Waals surface area (Å²) in [4.78, 5) is 33.7. The Morgan fingerprint density at radius 3 is 2.86 bits per heavy atom. The number of amides is 2. The fraction of sp³-hybridized carbons (Fsp3) is 0.348. The van der Waals surface area contributed by atoms with Gasteiger partial charge in [0.25, 0.3) is 0 Å². The molecule has 5 rings (SSSR count). The first-order valence-corrected chi connectivity index (χ1v) is 11.4. The molecule has 0 saturated carbocycles. The Hall–Kier alpha value is -4.04. The van der Waals surface area contributed by atoms with Crippen LogP contribution in [0.5, 0.6) is 6.01 Å². The van der Waals surface area contributed by atoms with Gasteiger partial charge in [0.2, 0.25) is 0 Å². The number of nitrogens with one attached hydrogen (secondary N) is 1. The van der Waals surface area contributed by atoms with Crippen LogP contribution in [-0.2, 0) is 6.18 Å². The molecule has 37 heavy (non-hydrogen) atoms. The lowest BCUT2D eigenvalue weighted by molar-refractivity contribution is -0.137. The van der Waals surface area contributed by atoms with Crippen molar-refractivity contribution in [2.45, 2.75) is 24.7 Å². The van der Waals surface area contributed by atoms with E-state index in [2.05, 4.69) is 25.3 Å². The number of aliphatic hydroxyl groups is 2. The van der Waals surface area contributed by atoms with Crippen LogP contribution >= 0.6 is 0 Å². The number of anilines is 3. The fourth-order valence-corrected chi connectivity index (χ4v) is 4.22. The Labute approximate surface area is 208 Å². The zero-order valence-corrected chi connectivity index (χ0v) is 19.3. The molecule has 2 bridgehead atoms. The number of carbonyl (C=O) groups excluding carboxylic acids is 1. The van der Waals surface area contributed by atoms with Crippen molar-refractivity contribution >= 4 is 23.4 Å². The number of hydrogen-bond donors (Lipinski definition) is 3. The van der Waals surface area contributed by atoms with Crippen LogP contribution in [-0.4, -0.2) is 74.6 Å². The predicted octanol–water partition coefficient (Wildman–Crippen LogP) is 2.32. The van der Waals surface area contributed by atoms with Crippen LogP contribution < -0.4 is 19.9 Å². The van der Waals surface area contributed by atoms with Gasteiger partial charge in [-0.2, -0.15) is 18.2 Å². The second-order valence-corrected chi connectivity index (χ2v) is 8.54. The number of halogens is 3. The average molecular weight is 517 g/mol. The van der Waals surface area contributed by atoms with E-state index in [4.69, 9.17) is 9.84 Å². The maximum Gasteiger partial charge on any atom is 0.416 e. The van der Waals surface area contributed by atoms with Crippen LogP contribution in [0.2, 0.25) is 0 Å². The molecule has 14 heteroatoms. The molecular weight excluding hydrogens is 495 g/mol. The van der Waals surface area contributed by atoms with E-state index in [1.807, 2.05) is 4.90 Å². The molecule has 11 nitrogen and oxygen atoms in total. The molecule has 0 radical (unpaired) electrons. The minimum Gasteiger partial charge on any atom is -0.461 e. The number of hydrogen-bond acceptors (Lipinski definition) is 9. The third-order valence-electron chi connectivity index (χ3n) is 6.00. The molecule has 3 aromatic rings. The number of fused-ring (bicyclic) bond motifs is 4. The van der Waals surface area contributed by atoms with Crippen LogP contribution in [0.3, 0.4) is 0 Å². The van der Waals surface area contributed by atoms with Gasteiger partial charge in [0.05, 0.1) is 30.1 Å². The van der Waals surface area contributed by atoms with Crippen molar-refractivity contribution in [1.82, 2.24) is 19.9 Å². The molecule has 0 spiro atoms. The largest absolute Gasteiger partial charge is 0.461 e. The minimum atomic E-state index is -4.52. The molecule has 2 aliphatic heterocycles. The van der Waals surface area contributed by atoms with E-state index in [9.17, 15) is 23.1 Å². The second kappa shape index (κ2) is 9.78. The van der Waals surface area contributed by atoms with Crippen molar-refractivity contribution in [3.8, 4) is 17.4 Å². The molecule has 0 aliphatic carbocycles. The Morgan fingerprint density at radius 2 is 2.08 bits per heavy atom. The van der Waals surface area contributed by atoms with Gasteiger partial charge >= 0.3 is 18.2 Å². The number of aromatic nitrogens is 4. The molecule has 194 valence electrons. The van der Waals surface area contributed by atoms with E-state index in [1.165, 1.54) is 35.5 Å². The molecule has 0 unspecified atom stereocenters. The molecule has 2 aromatic heterocycles. The number of rotatable bonds is 6. The maximum absolute atomic E-state index is 13.4. The Kier molecular flexibility index (Phi) is 6.52. The van der Waals surface area contributed by atoms with E-state index in [0.717, 1.165) is 12.1 Å². The third kappa shape index (κ3) is 5.11. The summed E-state index contributed by atoms with van der Waals surface area (Å²) in [7, 11) is 0. The molecule has 1 aromatic carbocycles. The fourth-order valence-electron chi connectivity index (χ4n) is 4.22. The summed E-state index contributed by atoms with van der Waals surface area (Å²) in [5.41, 5.74) is -0.0454. The van der Waals surface area contributed by atoms with Gasteiger partial charge in [0, 0.05) is 24.8 Å². The van der Waals surface area contributed by atoms with Crippen molar-refractivity contribution < 1.29 is 32.9 Å². The van der Waals surface area contributed by atoms with Gasteiger partial charge in [-0.15, -0.1) is 0 Å². The molecule has 1 saturated heterocycles. The molecule has 2 atom stereocenters. The standard InChI is InChI=1S/C23H22F3N7O4/c24-23(25,26)14-3-1-2-13(8-14)19-28-9-17-20(31-19)33(15-5-7-32(17)10-15)22(36)30-18-4-6-27-21(29-18)37-12-16(35)11-34/h1-4,6,8-9,15-16,34-35H,5,7,10-12H2,(H,27,29,30,36)/t15-,16-/m0/s1. The molecule has 2 amide bonds. The number of aliphatic hydroxyl groups excluding tert-OH is 2. The van der Waals surface area contributed by atoms with Crippen molar-refractivity contribution in [2.75, 3.05) is 41.4 Å². The lowest BCUT2D eigenvalue weighted by atomic mass is 10.1. The number of carbonyl (C=O) groups is 1. The summed E-state index contributed by atoms with van der Waals surface area (Å²) in [6, 6.07) is 5.30. The number of ether oxygens (including phenoxy) is 1. The third-order valence-corrected chi connectivity index (χ3v) is 6.00. The molecular formula is C23H22F3N7O4. The van der Waals surface area contributed by atoms with Crippen molar-refractivity contribution in [3.63, 3.8) is 0 Å². The summed E-state index contributed by atoms with van der Waals surface area (Å²) in [5.74, 6) is 0.471. The summed E-state index contributed by atoms with van der Waals surface area (Å²) in [5, 5.41) is 21.0. The topological polar surface area (TPSA) is 137 Å². The highest BCUT2D eigenvalue weighted by Crippen LogP contribution is 2.40. The predicted molar refractivity (Wildman–Crippen MR) is 125 cm³/mol. The number of benzene rings is 1. The van der Waals surface area contributed by atoms with Crippen LogP contribution in [0.1, 0.15) is 12.0 Å². The van der Waals surface area contributed by atoms with Gasteiger partial charge in [-0.05, 0) is 24.6 Å². The van der Waals surface area contributed by atoms with Gasteiger partial charge < -0.3 is 19.8 Å². The lowest BCUT2D eigenvalue weighted by Crippen LogP contribution is -2.48. The summed E-state index contributed by atoms with van der Waals surface area (Å²) < 4.78 is 44.9. The van der Waals surface area contributed by atoms with Gasteiger partial charge in [0.15, 0.2) is 11.6 Å². The van der Waals surface area contributed by atoms with E-state index >= 15 is 0 Å². The van der Waals surface area contributed by atoms with Crippen LogP contribution in [0, 0.1) is 0 Å². The zero-order chi connectivity index (χ0) is 26.2. The zero-order valence-electron chi connectivity index (χ0n) is 19.3. The molecule has 1 fully saturated rings. The van der Waals surface area contributed by atoms with Crippen molar-refractivity contribution in [1.29, 1.82) is 0 Å². The summed E-state index contributed by atoms with van der Waals surface area (Å²) >= 11 is 0. The maximum atomic E-state index is 13.4. The van der Waals surface area contributed by atoms with Crippen LogP contribution in [0.4, 0.5) is 35.3 Å². The Morgan fingerprint density at radius 1 is 1.24 bits per heavy atom. The van der Waals surface area contributed by atoms with Gasteiger partial charge in [-0.25, -0.2) is 19.7 Å². The highest BCUT2D eigenvalue weighted by atomic mass is 19.4. The Balaban J connectivity index is 1.42. The first-order chi connectivity index (χ1) is 17.7. The van der Waals surface area contributed by atoms with Gasteiger partial charge in [-0.1, -0.05) is 12.1 Å². The van der Waals surface area contributed by atoms with E-state index in [-0.39, 0.29) is 41.7 Å². The normalized spacial score (nSPS) is 17.4. The van der Waals surface area contributed by atoms with E-state index in [1.54, 1.807) is 0 Å². The first kappa shape index (κ1) is 24.6. The summed E-state index contributed by atoms with van der Waals surface area (Å²) in [6.45, 7) is 0.504. The SMILES string of the molecule is O=C(Nc1ccnc(OC[C@@H](O)CO)n1)N1c2nc(-c3cccc(C(F)(F)F)c3)ncc2N2CC[C@H]1C2. The number of alkyl halides is 3. The van der Waals surface area contributed by atoms with Gasteiger partial charge in [0.1, 0.15) is 18.5 Å².